The lowest BCUT2D eigenvalue weighted by atomic mass is 9.86. The fraction of sp³-hybridized carbons (Fsp3) is 0.0909. The van der Waals surface area contributed by atoms with E-state index in [1.54, 1.807) is 12.3 Å². The molecule has 130 valence electrons. The lowest BCUT2D eigenvalue weighted by molar-refractivity contribution is 0.469. The average molecular weight is 346 g/mol. The fourth-order valence-electron chi connectivity index (χ4n) is 3.41. The second kappa shape index (κ2) is 6.56. The fourth-order valence-corrected chi connectivity index (χ4v) is 3.41. The van der Waals surface area contributed by atoms with Crippen LogP contribution in [0, 0.1) is 5.82 Å². The summed E-state index contributed by atoms with van der Waals surface area (Å²) in [6, 6.07) is 12.5. The van der Waals surface area contributed by atoms with Gasteiger partial charge in [0.1, 0.15) is 17.8 Å². The standard InChI is InChI=1S/C22H19FN2O/c1-2-17(14-5-3-6-16(24)11-14)22-18-7-4-10-25-20(18)13-26-21-12-15(23)8-9-19(21)22/h3-13,25H,2,24H2,1H3. The van der Waals surface area contributed by atoms with Gasteiger partial charge in [0.15, 0.2) is 0 Å². The number of ether oxygens (including phenoxy) is 1. The minimum Gasteiger partial charge on any atom is -0.462 e. The summed E-state index contributed by atoms with van der Waals surface area (Å²) in [5.74, 6) is 0.174. The number of nitrogens with two attached hydrogens (primary N) is 1. The van der Waals surface area contributed by atoms with E-state index in [4.69, 9.17) is 10.5 Å². The number of benzene rings is 2. The van der Waals surface area contributed by atoms with Crippen molar-refractivity contribution in [3.05, 3.63) is 95.3 Å². The zero-order valence-electron chi connectivity index (χ0n) is 14.4. The van der Waals surface area contributed by atoms with E-state index in [-0.39, 0.29) is 5.82 Å². The van der Waals surface area contributed by atoms with Gasteiger partial charge in [-0.1, -0.05) is 25.1 Å². The number of fused-ring (bicyclic) bond motifs is 2. The Morgan fingerprint density at radius 1 is 1.19 bits per heavy atom. The van der Waals surface area contributed by atoms with Crippen molar-refractivity contribution in [1.29, 1.82) is 0 Å². The van der Waals surface area contributed by atoms with Crippen LogP contribution < -0.4 is 15.8 Å². The monoisotopic (exact) mass is 346 g/mol. The number of allylic oxidation sites excluding steroid dienone is 4. The Kier molecular flexibility index (Phi) is 4.09. The van der Waals surface area contributed by atoms with Gasteiger partial charge in [-0.15, -0.1) is 0 Å². The number of hydrogen-bond donors (Lipinski definition) is 2. The number of dihydropyridines is 1. The Morgan fingerprint density at radius 2 is 2.08 bits per heavy atom. The number of anilines is 1. The molecular weight excluding hydrogens is 327 g/mol. The maximum Gasteiger partial charge on any atom is 0.137 e. The van der Waals surface area contributed by atoms with Gasteiger partial charge in [0.25, 0.3) is 0 Å². The summed E-state index contributed by atoms with van der Waals surface area (Å²) in [6.07, 6.45) is 8.27. The summed E-state index contributed by atoms with van der Waals surface area (Å²) in [7, 11) is 0. The Morgan fingerprint density at radius 3 is 2.88 bits per heavy atom. The number of rotatable bonds is 2. The summed E-state index contributed by atoms with van der Waals surface area (Å²) >= 11 is 0. The van der Waals surface area contributed by atoms with Crippen LogP contribution in [-0.2, 0) is 0 Å². The summed E-state index contributed by atoms with van der Waals surface area (Å²) in [4.78, 5) is 0. The van der Waals surface area contributed by atoms with Gasteiger partial charge in [0.2, 0.25) is 0 Å². The molecular formula is C22H19FN2O. The van der Waals surface area contributed by atoms with Crippen molar-refractivity contribution in [2.75, 3.05) is 5.73 Å². The second-order valence-electron chi connectivity index (χ2n) is 6.21. The van der Waals surface area contributed by atoms with E-state index in [2.05, 4.69) is 12.2 Å². The quantitative estimate of drug-likeness (QED) is 0.752. The Bertz CT molecular complexity index is 999. The Hall–Kier alpha value is -3.27. The van der Waals surface area contributed by atoms with Crippen LogP contribution in [0.15, 0.2) is 78.3 Å². The molecule has 0 aliphatic carbocycles. The molecule has 2 heterocycles. The molecule has 0 saturated carbocycles. The third kappa shape index (κ3) is 2.80. The zero-order valence-corrected chi connectivity index (χ0v) is 14.4. The van der Waals surface area contributed by atoms with Gasteiger partial charge >= 0.3 is 0 Å². The lowest BCUT2D eigenvalue weighted by Gasteiger charge is -2.20. The maximum atomic E-state index is 13.8. The van der Waals surface area contributed by atoms with E-state index < -0.39 is 0 Å². The minimum atomic E-state index is -0.326. The normalized spacial score (nSPS) is 17.0. The van der Waals surface area contributed by atoms with E-state index in [1.165, 1.54) is 12.1 Å². The molecule has 0 radical (unpaired) electrons. The van der Waals surface area contributed by atoms with Crippen LogP contribution in [-0.4, -0.2) is 0 Å². The van der Waals surface area contributed by atoms with Gasteiger partial charge in [0, 0.05) is 29.1 Å². The number of nitrogen functional groups attached to an aromatic ring is 1. The van der Waals surface area contributed by atoms with Crippen molar-refractivity contribution < 1.29 is 9.13 Å². The van der Waals surface area contributed by atoms with Crippen molar-refractivity contribution >= 4 is 16.8 Å². The average Bonchev–Trinajstić information content (AvgIpc) is 2.80. The van der Waals surface area contributed by atoms with E-state index in [9.17, 15) is 4.39 Å². The van der Waals surface area contributed by atoms with Crippen LogP contribution in [0.2, 0.25) is 0 Å². The molecule has 0 fully saturated rings. The van der Waals surface area contributed by atoms with Gasteiger partial charge < -0.3 is 15.8 Å². The second-order valence-corrected chi connectivity index (χ2v) is 6.21. The highest BCUT2D eigenvalue weighted by molar-refractivity contribution is 6.02. The molecule has 2 aromatic rings. The van der Waals surface area contributed by atoms with Crippen molar-refractivity contribution in [3.63, 3.8) is 0 Å². The molecule has 2 aromatic carbocycles. The zero-order chi connectivity index (χ0) is 18.1. The molecule has 26 heavy (non-hydrogen) atoms. The largest absolute Gasteiger partial charge is 0.462 e. The lowest BCUT2D eigenvalue weighted by Crippen LogP contribution is -2.12. The van der Waals surface area contributed by atoms with E-state index in [0.29, 0.717) is 11.4 Å². The van der Waals surface area contributed by atoms with Crippen LogP contribution in [0.3, 0.4) is 0 Å². The van der Waals surface area contributed by atoms with Crippen LogP contribution in [0.1, 0.15) is 24.5 Å². The predicted molar refractivity (Wildman–Crippen MR) is 103 cm³/mol. The first-order valence-electron chi connectivity index (χ1n) is 8.57. The third-order valence-electron chi connectivity index (χ3n) is 4.56. The molecule has 0 aromatic heterocycles. The molecule has 2 aliphatic rings. The Balaban J connectivity index is 2.05. The van der Waals surface area contributed by atoms with Gasteiger partial charge in [-0.2, -0.15) is 0 Å². The van der Waals surface area contributed by atoms with Crippen molar-refractivity contribution in [1.82, 2.24) is 5.32 Å². The number of hydrogen-bond acceptors (Lipinski definition) is 3. The van der Waals surface area contributed by atoms with Gasteiger partial charge in [-0.05, 0) is 53.5 Å². The van der Waals surface area contributed by atoms with Crippen molar-refractivity contribution in [2.24, 2.45) is 0 Å². The molecule has 0 atom stereocenters. The molecule has 0 saturated heterocycles. The maximum absolute atomic E-state index is 13.8. The topological polar surface area (TPSA) is 47.3 Å². The first-order valence-corrected chi connectivity index (χ1v) is 8.57. The SMILES string of the molecule is CCC(=C1C2=CC=CNC2=COc2cc(F)ccc21)c1cccc(N)c1. The highest BCUT2D eigenvalue weighted by Crippen LogP contribution is 2.43. The van der Waals surface area contributed by atoms with E-state index in [1.807, 2.05) is 42.6 Å². The number of halogens is 1. The molecule has 0 spiro atoms. The molecule has 0 amide bonds. The molecule has 3 nitrogen and oxygen atoms in total. The molecule has 3 N–H and O–H groups in total. The van der Waals surface area contributed by atoms with Crippen LogP contribution in [0.4, 0.5) is 10.1 Å². The van der Waals surface area contributed by atoms with Crippen molar-refractivity contribution in [2.45, 2.75) is 13.3 Å². The molecule has 4 rings (SSSR count). The highest BCUT2D eigenvalue weighted by Gasteiger charge is 2.25. The first-order chi connectivity index (χ1) is 12.7. The van der Waals surface area contributed by atoms with E-state index >= 15 is 0 Å². The highest BCUT2D eigenvalue weighted by atomic mass is 19.1. The van der Waals surface area contributed by atoms with Gasteiger partial charge in [0.05, 0.1) is 5.70 Å². The number of nitrogens with one attached hydrogen (secondary N) is 1. The molecule has 2 aliphatic heterocycles. The minimum absolute atomic E-state index is 0.326. The van der Waals surface area contributed by atoms with Crippen LogP contribution >= 0.6 is 0 Å². The summed E-state index contributed by atoms with van der Waals surface area (Å²) < 4.78 is 19.6. The summed E-state index contributed by atoms with van der Waals surface area (Å²) in [5, 5.41) is 3.22. The van der Waals surface area contributed by atoms with Crippen LogP contribution in [0.25, 0.3) is 11.1 Å². The summed E-state index contributed by atoms with van der Waals surface area (Å²) in [5.41, 5.74) is 12.6. The Labute approximate surface area is 152 Å². The van der Waals surface area contributed by atoms with Crippen LogP contribution in [0.5, 0.6) is 5.75 Å². The van der Waals surface area contributed by atoms with Gasteiger partial charge in [-0.25, -0.2) is 4.39 Å². The third-order valence-corrected chi connectivity index (χ3v) is 4.56. The summed E-state index contributed by atoms with van der Waals surface area (Å²) in [6.45, 7) is 2.11. The first kappa shape index (κ1) is 16.2. The smallest absolute Gasteiger partial charge is 0.137 e. The van der Waals surface area contributed by atoms with E-state index in [0.717, 1.165) is 40.0 Å². The van der Waals surface area contributed by atoms with Gasteiger partial charge in [-0.3, -0.25) is 0 Å². The molecule has 4 heteroatoms. The predicted octanol–water partition coefficient (Wildman–Crippen LogP) is 5.01. The molecule has 0 bridgehead atoms. The molecule has 0 unspecified atom stereocenters. The van der Waals surface area contributed by atoms with Crippen molar-refractivity contribution in [3.8, 4) is 5.75 Å².